The van der Waals surface area contributed by atoms with Gasteiger partial charge in [-0.2, -0.15) is 0 Å². The fourth-order valence-electron chi connectivity index (χ4n) is 2.47. The summed E-state index contributed by atoms with van der Waals surface area (Å²) in [7, 11) is 0. The van der Waals surface area contributed by atoms with Gasteiger partial charge >= 0.3 is 5.97 Å². The molecule has 2 heterocycles. The lowest BCUT2D eigenvalue weighted by Crippen LogP contribution is -2.40. The summed E-state index contributed by atoms with van der Waals surface area (Å²) in [5.41, 5.74) is 1.88. The zero-order chi connectivity index (χ0) is 14.7. The Kier molecular flexibility index (Phi) is 4.81. The van der Waals surface area contributed by atoms with Crippen molar-refractivity contribution < 1.29 is 14.3 Å². The molecule has 0 unspecified atom stereocenters. The molecule has 2 rings (SSSR count). The summed E-state index contributed by atoms with van der Waals surface area (Å²) in [6, 6.07) is 0. The summed E-state index contributed by atoms with van der Waals surface area (Å²) >= 11 is 1.61. The van der Waals surface area contributed by atoms with E-state index in [-0.39, 0.29) is 17.8 Å². The maximum atomic E-state index is 12.5. The molecule has 0 aliphatic carbocycles. The third-order valence-corrected chi connectivity index (χ3v) is 4.93. The average molecular weight is 295 g/mol. The number of carbonyl (C=O) groups is 2. The minimum atomic E-state index is -0.123. The Balaban J connectivity index is 1.95. The van der Waals surface area contributed by atoms with Gasteiger partial charge in [-0.05, 0) is 39.2 Å². The van der Waals surface area contributed by atoms with E-state index in [0.717, 1.165) is 11.1 Å². The highest BCUT2D eigenvalue weighted by Crippen LogP contribution is 2.25. The Hall–Kier alpha value is -1.36. The SMILES string of the molecule is CCOC(=O)C1CCN(C(=O)c2csc(C)c2C)CC1. The second kappa shape index (κ2) is 6.39. The van der Waals surface area contributed by atoms with Gasteiger partial charge in [0.15, 0.2) is 0 Å². The van der Waals surface area contributed by atoms with E-state index in [2.05, 4.69) is 0 Å². The number of ether oxygens (including phenoxy) is 1. The van der Waals surface area contributed by atoms with E-state index in [1.165, 1.54) is 4.88 Å². The predicted octanol–water partition coefficient (Wildman–Crippen LogP) is 2.78. The van der Waals surface area contributed by atoms with Gasteiger partial charge in [0.2, 0.25) is 0 Å². The summed E-state index contributed by atoms with van der Waals surface area (Å²) < 4.78 is 5.04. The fourth-order valence-corrected chi connectivity index (χ4v) is 3.33. The highest BCUT2D eigenvalue weighted by atomic mass is 32.1. The molecule has 0 saturated carbocycles. The molecule has 0 atom stereocenters. The third kappa shape index (κ3) is 3.03. The molecule has 1 fully saturated rings. The number of nitrogens with zero attached hydrogens (tertiary/aromatic N) is 1. The minimum Gasteiger partial charge on any atom is -0.466 e. The molecule has 1 aromatic heterocycles. The first-order valence-corrected chi connectivity index (χ1v) is 7.93. The first-order valence-electron chi connectivity index (χ1n) is 7.05. The van der Waals surface area contributed by atoms with E-state index in [9.17, 15) is 9.59 Å². The molecule has 5 heteroatoms. The predicted molar refractivity (Wildman–Crippen MR) is 79.1 cm³/mol. The van der Waals surface area contributed by atoms with E-state index >= 15 is 0 Å². The van der Waals surface area contributed by atoms with Gasteiger partial charge < -0.3 is 9.64 Å². The number of piperidine rings is 1. The average Bonchev–Trinajstić information content (AvgIpc) is 2.79. The van der Waals surface area contributed by atoms with Crippen LogP contribution in [0.1, 0.15) is 40.6 Å². The second-order valence-electron chi connectivity index (χ2n) is 5.15. The lowest BCUT2D eigenvalue weighted by atomic mass is 9.96. The van der Waals surface area contributed by atoms with Crippen LogP contribution in [-0.2, 0) is 9.53 Å². The summed E-state index contributed by atoms with van der Waals surface area (Å²) in [5, 5.41) is 1.93. The van der Waals surface area contributed by atoms with Crippen molar-refractivity contribution in [3.05, 3.63) is 21.4 Å². The van der Waals surface area contributed by atoms with Crippen molar-refractivity contribution in [1.29, 1.82) is 0 Å². The molecule has 1 aliphatic rings. The van der Waals surface area contributed by atoms with Crippen molar-refractivity contribution >= 4 is 23.2 Å². The molecule has 1 amide bonds. The molecule has 110 valence electrons. The summed E-state index contributed by atoms with van der Waals surface area (Å²) in [6.45, 7) is 7.53. The number of hydrogen-bond donors (Lipinski definition) is 0. The highest BCUT2D eigenvalue weighted by Gasteiger charge is 2.29. The Morgan fingerprint density at radius 1 is 1.35 bits per heavy atom. The maximum absolute atomic E-state index is 12.5. The Morgan fingerprint density at radius 2 is 2.00 bits per heavy atom. The molecule has 1 saturated heterocycles. The van der Waals surface area contributed by atoms with E-state index in [1.54, 1.807) is 11.3 Å². The molecular weight excluding hydrogens is 274 g/mol. The van der Waals surface area contributed by atoms with Crippen LogP contribution < -0.4 is 0 Å². The van der Waals surface area contributed by atoms with Crippen LogP contribution in [0.3, 0.4) is 0 Å². The first-order chi connectivity index (χ1) is 9.54. The standard InChI is InChI=1S/C15H21NO3S/c1-4-19-15(18)12-5-7-16(8-6-12)14(17)13-9-20-11(3)10(13)2/h9,12H,4-8H2,1-3H3. The molecular formula is C15H21NO3S. The lowest BCUT2D eigenvalue weighted by Gasteiger charge is -2.30. The van der Waals surface area contributed by atoms with Gasteiger partial charge in [-0.25, -0.2) is 0 Å². The van der Waals surface area contributed by atoms with Gasteiger partial charge in [0, 0.05) is 23.3 Å². The van der Waals surface area contributed by atoms with Crippen LogP contribution in [0.2, 0.25) is 0 Å². The zero-order valence-electron chi connectivity index (χ0n) is 12.3. The third-order valence-electron chi connectivity index (χ3n) is 3.92. The minimum absolute atomic E-state index is 0.0516. The van der Waals surface area contributed by atoms with Gasteiger partial charge in [0.25, 0.3) is 5.91 Å². The lowest BCUT2D eigenvalue weighted by molar-refractivity contribution is -0.149. The van der Waals surface area contributed by atoms with Gasteiger partial charge in [0.1, 0.15) is 0 Å². The molecule has 20 heavy (non-hydrogen) atoms. The number of hydrogen-bond acceptors (Lipinski definition) is 4. The van der Waals surface area contributed by atoms with Crippen molar-refractivity contribution in [3.8, 4) is 0 Å². The van der Waals surface area contributed by atoms with E-state index in [0.29, 0.717) is 32.5 Å². The van der Waals surface area contributed by atoms with Gasteiger partial charge in [0.05, 0.1) is 18.1 Å². The normalized spacial score (nSPS) is 16.2. The monoisotopic (exact) mass is 295 g/mol. The van der Waals surface area contributed by atoms with Crippen molar-refractivity contribution in [3.63, 3.8) is 0 Å². The Morgan fingerprint density at radius 3 is 2.50 bits per heavy atom. The molecule has 0 spiro atoms. The van der Waals surface area contributed by atoms with E-state index in [1.807, 2.05) is 31.1 Å². The number of esters is 1. The van der Waals surface area contributed by atoms with Crippen LogP contribution in [0.15, 0.2) is 5.38 Å². The van der Waals surface area contributed by atoms with Gasteiger partial charge in [-0.15, -0.1) is 11.3 Å². The first kappa shape index (κ1) is 15.0. The number of amides is 1. The number of rotatable bonds is 3. The van der Waals surface area contributed by atoms with E-state index in [4.69, 9.17) is 4.74 Å². The summed E-state index contributed by atoms with van der Waals surface area (Å²) in [6.07, 6.45) is 1.40. The highest BCUT2D eigenvalue weighted by molar-refractivity contribution is 7.10. The summed E-state index contributed by atoms with van der Waals surface area (Å²) in [4.78, 5) is 27.2. The van der Waals surface area contributed by atoms with Crippen LogP contribution in [-0.4, -0.2) is 36.5 Å². The quantitative estimate of drug-likeness (QED) is 0.806. The fraction of sp³-hybridized carbons (Fsp3) is 0.600. The van der Waals surface area contributed by atoms with Crippen LogP contribution in [0.4, 0.5) is 0 Å². The number of aryl methyl sites for hydroxylation is 1. The number of carbonyl (C=O) groups excluding carboxylic acids is 2. The van der Waals surface area contributed by atoms with Crippen molar-refractivity contribution in [2.75, 3.05) is 19.7 Å². The largest absolute Gasteiger partial charge is 0.466 e. The molecule has 0 radical (unpaired) electrons. The molecule has 0 bridgehead atoms. The maximum Gasteiger partial charge on any atom is 0.309 e. The van der Waals surface area contributed by atoms with Crippen LogP contribution in [0, 0.1) is 19.8 Å². The van der Waals surface area contributed by atoms with Crippen LogP contribution in [0.5, 0.6) is 0 Å². The number of thiophene rings is 1. The molecule has 0 aromatic carbocycles. The molecule has 1 aromatic rings. The zero-order valence-corrected chi connectivity index (χ0v) is 13.1. The van der Waals surface area contributed by atoms with Gasteiger partial charge in [-0.3, -0.25) is 9.59 Å². The van der Waals surface area contributed by atoms with Crippen molar-refractivity contribution in [2.24, 2.45) is 5.92 Å². The molecule has 1 aliphatic heterocycles. The van der Waals surface area contributed by atoms with Crippen molar-refractivity contribution in [1.82, 2.24) is 4.90 Å². The molecule has 0 N–H and O–H groups in total. The Labute approximate surface area is 123 Å². The van der Waals surface area contributed by atoms with Crippen molar-refractivity contribution in [2.45, 2.75) is 33.6 Å². The topological polar surface area (TPSA) is 46.6 Å². The Bertz CT molecular complexity index is 501. The van der Waals surface area contributed by atoms with Crippen LogP contribution >= 0.6 is 11.3 Å². The van der Waals surface area contributed by atoms with Gasteiger partial charge in [-0.1, -0.05) is 0 Å². The van der Waals surface area contributed by atoms with Crippen LogP contribution in [0.25, 0.3) is 0 Å². The van der Waals surface area contributed by atoms with E-state index < -0.39 is 0 Å². The smallest absolute Gasteiger partial charge is 0.309 e. The second-order valence-corrected chi connectivity index (χ2v) is 6.23. The molecule has 4 nitrogen and oxygen atoms in total. The summed E-state index contributed by atoms with van der Waals surface area (Å²) in [5.74, 6) is -0.0828. The number of likely N-dealkylation sites (tertiary alicyclic amines) is 1.